The molecular weight excluding hydrogens is 1190 g/mol. The Balaban J connectivity index is 0.844. The minimum Gasteiger partial charge on any atom is -0.497 e. The number of imide groups is 1. The van der Waals surface area contributed by atoms with Crippen molar-refractivity contribution in [2.75, 3.05) is 59.4 Å². The van der Waals surface area contributed by atoms with Gasteiger partial charge in [0.15, 0.2) is 22.3 Å². The monoisotopic (exact) mass is 1260 g/mol. The number of rotatable bonds is 24. The Morgan fingerprint density at radius 2 is 1.28 bits per heavy atom. The van der Waals surface area contributed by atoms with Crippen LogP contribution in [0.4, 0.5) is 9.93 Å². The molecule has 0 radical (unpaired) electrons. The minimum absolute atomic E-state index is 0.0360. The highest BCUT2D eigenvalue weighted by Gasteiger charge is 2.58. The predicted molar refractivity (Wildman–Crippen MR) is 326 cm³/mol. The Hall–Kier alpha value is -8.72. The van der Waals surface area contributed by atoms with Crippen molar-refractivity contribution >= 4 is 75.6 Å². The SMILES string of the molecule is COc1ccc(COC(=O)C2=C(C[N+]34CCC(CNN5C(=O)c6cc(OCc7ccc(OC)cc7)c(OCc7ccc(OC)cc7)cc6C5=O)(CC3)CC4)[C@H](C)S[C@@H]3[C@H](NC(=O)/C(=N\OC(C)(C)C(=O)O)c4csc(NC(=O)OC(C)(C)C)n4)C(=O)N23)cc1. The van der Waals surface area contributed by atoms with Crippen LogP contribution in [0, 0.1) is 5.41 Å². The molecule has 0 aliphatic carbocycles. The zero-order valence-corrected chi connectivity index (χ0v) is 52.4. The number of aliphatic carboxylic acids is 1. The van der Waals surface area contributed by atoms with Gasteiger partial charge >= 0.3 is 18.0 Å². The van der Waals surface area contributed by atoms with Gasteiger partial charge in [-0.3, -0.25) is 29.4 Å². The number of thiazole rings is 1. The number of esters is 1. The van der Waals surface area contributed by atoms with Gasteiger partial charge in [-0.2, -0.15) is 0 Å². The molecule has 5 amide bonds. The van der Waals surface area contributed by atoms with Gasteiger partial charge in [-0.1, -0.05) is 41.6 Å². The molecule has 0 unspecified atom stereocenters. The van der Waals surface area contributed by atoms with E-state index in [1.165, 1.54) is 35.9 Å². The summed E-state index contributed by atoms with van der Waals surface area (Å²) in [6, 6.07) is 23.8. The number of hydrogen-bond acceptors (Lipinski definition) is 20. The van der Waals surface area contributed by atoms with Crippen molar-refractivity contribution in [3.05, 3.63) is 135 Å². The highest BCUT2D eigenvalue weighted by Crippen LogP contribution is 2.49. The number of carboxylic acid groups (broad SMARTS) is 1. The topological polar surface area (TPSA) is 281 Å². The maximum Gasteiger partial charge on any atom is 0.413 e. The van der Waals surface area contributed by atoms with Crippen LogP contribution in [0.5, 0.6) is 28.7 Å². The number of fused-ring (bicyclic) bond motifs is 5. The molecule has 26 heteroatoms. The van der Waals surface area contributed by atoms with E-state index in [-0.39, 0.29) is 58.1 Å². The Bertz CT molecular complexity index is 3510. The summed E-state index contributed by atoms with van der Waals surface area (Å²) in [7, 11) is 4.73. The standard InChI is InChI=1S/C63H70N8O16S2/c1-36-45(30-71-25-22-63(23-26-71,24-27-71)35-64-70-53(73)43-28-47(83-31-37-10-16-40(80-7)17-11-37)48(29-44(43)54(70)74)84-32-38-12-18-41(81-8)19-13-38)51(57(76)85-33-39-14-20-42(82-9)21-15-39)69-55(75)50(56(69)89-36)66-52(72)49(68-87-62(5,6)58(77)78)46-34-88-59(65-46)67-60(79)86-61(2,3)4/h10-21,28-29,34,36,50,56,64H,22-27,30-33,35H2,1-9H3,(H2-,65,66,67,72,77,78,79)/p+1/b68-49-/t36-,50+,56+,63?,71?/m0/s1. The minimum atomic E-state index is -1.89. The molecule has 2 bridgehead atoms. The van der Waals surface area contributed by atoms with E-state index in [1.54, 1.807) is 78.5 Å². The van der Waals surface area contributed by atoms with E-state index >= 15 is 0 Å². The molecule has 4 aromatic carbocycles. The van der Waals surface area contributed by atoms with Crippen LogP contribution in [0.25, 0.3) is 0 Å². The van der Waals surface area contributed by atoms with Crippen LogP contribution in [-0.4, -0.2) is 154 Å². The molecule has 6 aliphatic rings. The quantitative estimate of drug-likeness (QED) is 0.0114. The van der Waals surface area contributed by atoms with Crippen LogP contribution in [0.1, 0.15) is 104 Å². The summed E-state index contributed by atoms with van der Waals surface area (Å²) in [5.41, 5.74) is 3.22. The average molecular weight is 1260 g/mol. The smallest absolute Gasteiger partial charge is 0.413 e. The summed E-state index contributed by atoms with van der Waals surface area (Å²) in [6.45, 7) is 12.6. The lowest BCUT2D eigenvalue weighted by atomic mass is 9.70. The number of nitrogens with zero attached hydrogens (tertiary/aromatic N) is 5. The van der Waals surface area contributed by atoms with Gasteiger partial charge in [0.2, 0.25) is 5.60 Å². The molecule has 1 aromatic heterocycles. The van der Waals surface area contributed by atoms with Crippen molar-refractivity contribution < 1.29 is 81.1 Å². The molecule has 7 heterocycles. The third kappa shape index (κ3) is 13.9. The molecule has 11 rings (SSSR count). The number of methoxy groups -OCH3 is 3. The number of carbonyl (C=O) groups is 7. The molecule has 24 nitrogen and oxygen atoms in total. The molecule has 3 atom stereocenters. The lowest BCUT2D eigenvalue weighted by Gasteiger charge is -2.57. The average Bonchev–Trinajstić information content (AvgIpc) is 1.07. The Labute approximate surface area is 522 Å². The van der Waals surface area contributed by atoms with E-state index in [1.807, 2.05) is 55.5 Å². The van der Waals surface area contributed by atoms with Gasteiger partial charge in [0, 0.05) is 47.4 Å². The molecule has 4 saturated heterocycles. The number of ether oxygens (including phenoxy) is 7. The van der Waals surface area contributed by atoms with Crippen molar-refractivity contribution in [2.45, 2.75) is 108 Å². The van der Waals surface area contributed by atoms with Crippen molar-refractivity contribution in [2.24, 2.45) is 10.6 Å². The van der Waals surface area contributed by atoms with Crippen molar-refractivity contribution in [3.63, 3.8) is 0 Å². The number of benzene rings is 4. The summed E-state index contributed by atoms with van der Waals surface area (Å²) < 4.78 is 40.5. The number of hydrazine groups is 1. The fraction of sp³-hybridized carbons (Fsp3) is 0.413. The van der Waals surface area contributed by atoms with Gasteiger partial charge in [0.05, 0.1) is 52.1 Å². The highest BCUT2D eigenvalue weighted by atomic mass is 32.2. The van der Waals surface area contributed by atoms with Crippen LogP contribution in [0.3, 0.4) is 0 Å². The number of oxime groups is 1. The number of anilines is 1. The molecule has 89 heavy (non-hydrogen) atoms. The van der Waals surface area contributed by atoms with E-state index in [2.05, 4.69) is 26.2 Å². The first-order valence-corrected chi connectivity index (χ1v) is 30.7. The molecule has 5 aromatic rings. The summed E-state index contributed by atoms with van der Waals surface area (Å²) in [5.74, 6) is -2.06. The van der Waals surface area contributed by atoms with Crippen molar-refractivity contribution in [1.82, 2.24) is 25.6 Å². The first kappa shape index (κ1) is 63.3. The summed E-state index contributed by atoms with van der Waals surface area (Å²) in [6.07, 6.45) is 1.39. The van der Waals surface area contributed by atoms with E-state index in [0.717, 1.165) is 46.7 Å². The number of aromatic nitrogens is 1. The Kier molecular flexibility index (Phi) is 18.3. The summed E-state index contributed by atoms with van der Waals surface area (Å²) in [4.78, 5) is 108. The molecule has 4 fully saturated rings. The largest absolute Gasteiger partial charge is 0.497 e. The zero-order valence-electron chi connectivity index (χ0n) is 50.8. The van der Waals surface area contributed by atoms with Crippen LogP contribution >= 0.6 is 23.1 Å². The molecule has 0 saturated carbocycles. The Morgan fingerprint density at radius 1 is 0.764 bits per heavy atom. The van der Waals surface area contributed by atoms with Crippen molar-refractivity contribution in [1.29, 1.82) is 0 Å². The number of quaternary nitrogens is 1. The second-order valence-electron chi connectivity index (χ2n) is 24.0. The number of nitrogens with one attached hydrogen (secondary N) is 3. The zero-order chi connectivity index (χ0) is 63.6. The third-order valence-corrected chi connectivity index (χ3v) is 18.6. The van der Waals surface area contributed by atoms with Gasteiger partial charge in [-0.05, 0) is 107 Å². The first-order chi connectivity index (χ1) is 42.4. The lowest BCUT2D eigenvalue weighted by molar-refractivity contribution is -0.941. The van der Waals surface area contributed by atoms with Gasteiger partial charge in [0.25, 0.3) is 23.6 Å². The summed E-state index contributed by atoms with van der Waals surface area (Å²) >= 11 is 2.33. The van der Waals surface area contributed by atoms with E-state index in [0.29, 0.717) is 77.1 Å². The number of β-lactam (4-membered cyclic amide) rings is 1. The van der Waals surface area contributed by atoms with Crippen LogP contribution in [0.2, 0.25) is 0 Å². The number of carboxylic acids is 1. The van der Waals surface area contributed by atoms with E-state index < -0.39 is 70.0 Å². The molecule has 6 aliphatic heterocycles. The second kappa shape index (κ2) is 25.8. The maximum absolute atomic E-state index is 14.7. The van der Waals surface area contributed by atoms with Gasteiger partial charge < -0.3 is 52.9 Å². The normalized spacial score (nSPS) is 21.3. The number of piperidine rings is 3. The van der Waals surface area contributed by atoms with Crippen LogP contribution < -0.4 is 39.7 Å². The Morgan fingerprint density at radius 3 is 1.78 bits per heavy atom. The first-order valence-electron chi connectivity index (χ1n) is 28.9. The van der Waals surface area contributed by atoms with Gasteiger partial charge in [0.1, 0.15) is 72.0 Å². The number of carbonyl (C=O) groups excluding carboxylic acids is 6. The van der Waals surface area contributed by atoms with Crippen LogP contribution in [0.15, 0.2) is 107 Å². The number of hydrogen-bond donors (Lipinski definition) is 4. The van der Waals surface area contributed by atoms with E-state index in [9.17, 15) is 38.7 Å². The molecular formula is C63H71N8O16S2+. The van der Waals surface area contributed by atoms with E-state index in [4.69, 9.17) is 38.0 Å². The highest BCUT2D eigenvalue weighted by molar-refractivity contribution is 8.00. The second-order valence-corrected chi connectivity index (χ2v) is 26.3. The van der Waals surface area contributed by atoms with Crippen LogP contribution in [-0.2, 0) is 53.3 Å². The lowest BCUT2D eigenvalue weighted by Crippen LogP contribution is -2.72. The fourth-order valence-corrected chi connectivity index (χ4v) is 13.2. The predicted octanol–water partition coefficient (Wildman–Crippen LogP) is 7.85. The maximum atomic E-state index is 14.7. The molecule has 4 N–H and O–H groups in total. The third-order valence-electron chi connectivity index (χ3n) is 16.4. The summed E-state index contributed by atoms with van der Waals surface area (Å²) in [5, 5.41) is 20.4. The van der Waals surface area contributed by atoms with Gasteiger partial charge in [-0.15, -0.1) is 23.1 Å². The fourth-order valence-electron chi connectivity index (χ4n) is 11.1. The van der Waals surface area contributed by atoms with Crippen molar-refractivity contribution in [3.8, 4) is 28.7 Å². The number of thioether (sulfide) groups is 1. The van der Waals surface area contributed by atoms with Gasteiger partial charge in [-0.25, -0.2) is 29.8 Å². The number of amides is 5. The molecule has 0 spiro atoms. The molecule has 470 valence electrons.